The highest BCUT2D eigenvalue weighted by atomic mass is 32.2. The molecule has 1 atom stereocenters. The zero-order valence-electron chi connectivity index (χ0n) is 16.7. The summed E-state index contributed by atoms with van der Waals surface area (Å²) in [6, 6.07) is 0. The topological polar surface area (TPSA) is 122 Å². The Morgan fingerprint density at radius 3 is 2.50 bits per heavy atom. The summed E-state index contributed by atoms with van der Waals surface area (Å²) in [5.41, 5.74) is 0.337. The van der Waals surface area contributed by atoms with E-state index in [9.17, 15) is 18.3 Å². The highest BCUT2D eigenvalue weighted by molar-refractivity contribution is 7.91. The zero-order valence-corrected chi connectivity index (χ0v) is 17.6. The molecule has 2 N–H and O–H groups in total. The van der Waals surface area contributed by atoms with Crippen molar-refractivity contribution in [2.24, 2.45) is 5.41 Å². The summed E-state index contributed by atoms with van der Waals surface area (Å²) >= 11 is 0. The van der Waals surface area contributed by atoms with Crippen LogP contribution in [0.2, 0.25) is 0 Å². The van der Waals surface area contributed by atoms with E-state index in [2.05, 4.69) is 22.4 Å². The monoisotopic (exact) mass is 413 g/mol. The van der Waals surface area contributed by atoms with Crippen LogP contribution in [0.4, 0.5) is 0 Å². The van der Waals surface area contributed by atoms with Gasteiger partial charge < -0.3 is 14.9 Å². The summed E-state index contributed by atoms with van der Waals surface area (Å²) < 4.78 is 28.6. The number of carboxylic acids is 1. The van der Waals surface area contributed by atoms with Crippen LogP contribution in [0.1, 0.15) is 82.3 Å². The molecule has 2 heterocycles. The number of nitrogens with one attached hydrogen (secondary N) is 1. The number of hydrogen-bond acceptors (Lipinski definition) is 7. The molecule has 28 heavy (non-hydrogen) atoms. The molecule has 1 aliphatic heterocycles. The molecule has 9 heteroatoms. The first-order chi connectivity index (χ1) is 13.2. The van der Waals surface area contributed by atoms with Gasteiger partial charge >= 0.3 is 5.97 Å². The fourth-order valence-electron chi connectivity index (χ4n) is 4.48. The van der Waals surface area contributed by atoms with Gasteiger partial charge in [0.15, 0.2) is 20.4 Å². The maximum atomic E-state index is 12.2. The predicted molar refractivity (Wildman–Crippen MR) is 104 cm³/mol. The van der Waals surface area contributed by atoms with E-state index in [4.69, 9.17) is 4.52 Å². The van der Waals surface area contributed by atoms with Gasteiger partial charge in [0.2, 0.25) is 5.89 Å². The van der Waals surface area contributed by atoms with E-state index >= 15 is 0 Å². The quantitative estimate of drug-likeness (QED) is 0.633. The second kappa shape index (κ2) is 8.10. The predicted octanol–water partition coefficient (Wildman–Crippen LogP) is 2.61. The van der Waals surface area contributed by atoms with Gasteiger partial charge in [-0.3, -0.25) is 4.79 Å². The lowest BCUT2D eigenvalue weighted by Gasteiger charge is -2.37. The van der Waals surface area contributed by atoms with Gasteiger partial charge in [0.25, 0.3) is 0 Å². The van der Waals surface area contributed by atoms with Gasteiger partial charge in [-0.15, -0.1) is 0 Å². The van der Waals surface area contributed by atoms with Crippen molar-refractivity contribution in [1.29, 1.82) is 0 Å². The fourth-order valence-corrected chi connectivity index (χ4v) is 5.62. The number of sulfone groups is 1. The smallest absolute Gasteiger partial charge is 0.304 e. The number of carbonyl (C=O) groups is 1. The lowest BCUT2D eigenvalue weighted by Crippen LogP contribution is -2.61. The molecule has 1 unspecified atom stereocenters. The number of aliphatic carboxylic acids is 1. The summed E-state index contributed by atoms with van der Waals surface area (Å²) in [5, 5.41) is 16.2. The number of aromatic nitrogens is 2. The number of carboxylic acid groups (broad SMARTS) is 1. The van der Waals surface area contributed by atoms with Crippen LogP contribution in [-0.2, 0) is 19.4 Å². The van der Waals surface area contributed by atoms with Crippen molar-refractivity contribution in [3.63, 3.8) is 0 Å². The minimum absolute atomic E-state index is 0.0948. The standard InChI is InChI=1S/C19H31N3O5S/c1-18(8-4-3-5-9-18)10-6-7-14(11-15(23)24)16-21-17(22-27-16)19(12-20-13-19)28(2,25)26/h14,20H,3-13H2,1-2H3,(H,23,24). The van der Waals surface area contributed by atoms with Crippen molar-refractivity contribution in [2.75, 3.05) is 19.3 Å². The third kappa shape index (κ3) is 4.40. The molecule has 1 aromatic heterocycles. The molecule has 0 aromatic carbocycles. The summed E-state index contributed by atoms with van der Waals surface area (Å²) in [7, 11) is -3.42. The highest BCUT2D eigenvalue weighted by Gasteiger charge is 2.52. The first-order valence-corrected chi connectivity index (χ1v) is 12.0. The molecule has 0 radical (unpaired) electrons. The molecule has 3 rings (SSSR count). The van der Waals surface area contributed by atoms with Crippen LogP contribution in [0.25, 0.3) is 0 Å². The van der Waals surface area contributed by atoms with Crippen LogP contribution < -0.4 is 5.32 Å². The summed E-state index contributed by atoms with van der Waals surface area (Å²) in [5.74, 6) is -0.938. The van der Waals surface area contributed by atoms with Crippen molar-refractivity contribution in [1.82, 2.24) is 15.5 Å². The molecule has 1 aliphatic carbocycles. The third-order valence-corrected chi connectivity index (χ3v) is 8.43. The second-order valence-corrected chi connectivity index (χ2v) is 11.2. The van der Waals surface area contributed by atoms with Crippen LogP contribution in [-0.4, -0.2) is 49.0 Å². The lowest BCUT2D eigenvalue weighted by molar-refractivity contribution is -0.137. The summed E-state index contributed by atoms with van der Waals surface area (Å²) in [4.78, 5) is 15.7. The molecule has 1 aromatic rings. The molecule has 2 fully saturated rings. The Hall–Kier alpha value is -1.48. The van der Waals surface area contributed by atoms with Crippen LogP contribution in [0.5, 0.6) is 0 Å². The van der Waals surface area contributed by atoms with Crippen LogP contribution in [0.3, 0.4) is 0 Å². The minimum Gasteiger partial charge on any atom is -0.481 e. The maximum absolute atomic E-state index is 12.2. The van der Waals surface area contributed by atoms with Gasteiger partial charge in [0.05, 0.1) is 6.42 Å². The highest BCUT2D eigenvalue weighted by Crippen LogP contribution is 2.41. The molecule has 0 bridgehead atoms. The Kier molecular flexibility index (Phi) is 6.14. The van der Waals surface area contributed by atoms with Crippen LogP contribution in [0, 0.1) is 5.41 Å². The number of rotatable bonds is 9. The van der Waals surface area contributed by atoms with Crippen molar-refractivity contribution in [2.45, 2.75) is 75.4 Å². The van der Waals surface area contributed by atoms with Gasteiger partial charge in [-0.1, -0.05) is 37.8 Å². The molecule has 0 spiro atoms. The van der Waals surface area contributed by atoms with Crippen molar-refractivity contribution in [3.8, 4) is 0 Å². The third-order valence-electron chi connectivity index (χ3n) is 6.54. The first-order valence-electron chi connectivity index (χ1n) is 10.1. The SMILES string of the molecule is CC1(CCCC(CC(=O)O)c2nc(C3(S(C)(=O)=O)CNC3)no2)CCCCC1. The molecule has 1 saturated carbocycles. The van der Waals surface area contributed by atoms with Gasteiger partial charge in [0.1, 0.15) is 0 Å². The van der Waals surface area contributed by atoms with E-state index in [1.165, 1.54) is 38.4 Å². The van der Waals surface area contributed by atoms with E-state index in [1.807, 2.05) is 0 Å². The largest absolute Gasteiger partial charge is 0.481 e. The Morgan fingerprint density at radius 1 is 1.29 bits per heavy atom. The van der Waals surface area contributed by atoms with E-state index < -0.39 is 26.5 Å². The Labute approximate surface area is 166 Å². The summed E-state index contributed by atoms with van der Waals surface area (Å²) in [6.07, 6.45) is 9.97. The molecule has 2 aliphatic rings. The normalized spacial score (nSPS) is 22.4. The average Bonchev–Trinajstić information content (AvgIpc) is 3.01. The van der Waals surface area contributed by atoms with Gasteiger partial charge in [0, 0.05) is 25.3 Å². The molecule has 1 saturated heterocycles. The van der Waals surface area contributed by atoms with E-state index in [0.29, 0.717) is 11.8 Å². The molecule has 8 nitrogen and oxygen atoms in total. The zero-order chi connectivity index (χ0) is 20.4. The van der Waals surface area contributed by atoms with E-state index in [1.54, 1.807) is 0 Å². The molecule has 0 amide bonds. The second-order valence-electron chi connectivity index (χ2n) is 8.88. The van der Waals surface area contributed by atoms with Gasteiger partial charge in [-0.2, -0.15) is 4.98 Å². The van der Waals surface area contributed by atoms with Gasteiger partial charge in [-0.05, 0) is 31.1 Å². The Morgan fingerprint density at radius 2 is 1.96 bits per heavy atom. The number of nitrogens with zero attached hydrogens (tertiary/aromatic N) is 2. The van der Waals surface area contributed by atoms with Crippen molar-refractivity contribution < 1.29 is 22.8 Å². The van der Waals surface area contributed by atoms with Crippen molar-refractivity contribution >= 4 is 15.8 Å². The molecular formula is C19H31N3O5S. The van der Waals surface area contributed by atoms with Crippen LogP contribution in [0.15, 0.2) is 4.52 Å². The average molecular weight is 414 g/mol. The minimum atomic E-state index is -3.42. The Bertz CT molecular complexity index is 794. The Balaban J connectivity index is 1.70. The maximum Gasteiger partial charge on any atom is 0.304 e. The molecular weight excluding hydrogens is 382 g/mol. The van der Waals surface area contributed by atoms with Crippen LogP contribution >= 0.6 is 0 Å². The van der Waals surface area contributed by atoms with Gasteiger partial charge in [-0.25, -0.2) is 8.42 Å². The summed E-state index contributed by atoms with van der Waals surface area (Å²) in [6.45, 7) is 2.81. The van der Waals surface area contributed by atoms with E-state index in [-0.39, 0.29) is 31.2 Å². The first kappa shape index (κ1) is 21.2. The number of hydrogen-bond donors (Lipinski definition) is 2. The van der Waals surface area contributed by atoms with E-state index in [0.717, 1.165) is 12.8 Å². The lowest BCUT2D eigenvalue weighted by atomic mass is 9.72. The fraction of sp³-hybridized carbons (Fsp3) is 0.842. The molecule has 158 valence electrons. The van der Waals surface area contributed by atoms with Crippen molar-refractivity contribution in [3.05, 3.63) is 11.7 Å².